The molecule has 9 heavy (non-hydrogen) atoms. The van der Waals surface area contributed by atoms with E-state index in [9.17, 15) is 0 Å². The number of hydrogen-bond donors (Lipinski definition) is 0. The fourth-order valence-electron chi connectivity index (χ4n) is 0. The normalized spacial score (nSPS) is 0.333. The van der Waals surface area contributed by atoms with E-state index in [1.807, 2.05) is 0 Å². The van der Waals surface area contributed by atoms with Crippen LogP contribution in [-0.4, -0.2) is 16.2 Å². The number of rotatable bonds is 0. The molecule has 0 aromatic heterocycles. The summed E-state index contributed by atoms with van der Waals surface area (Å²) < 4.78 is 8.28. The SMILES string of the molecule is [Co].[Co].[H-].[H-].[Li+].[Li+].[Mn].[Ni].[Ni].[O]=[AlH]. The van der Waals surface area contributed by atoms with Crippen LogP contribution in [0.25, 0.3) is 0 Å². The summed E-state index contributed by atoms with van der Waals surface area (Å²) in [5.74, 6) is 0. The van der Waals surface area contributed by atoms with Gasteiger partial charge < -0.3 is 2.85 Å². The Morgan fingerprint density at radius 1 is 0.889 bits per heavy atom. The average Bonchev–Trinajstić information content (AvgIpc) is 1.00. The first-order valence-electron chi connectivity index (χ1n) is 0.289. The molecule has 0 rings (SSSR count). The molecule has 3 radical (unpaired) electrons. The van der Waals surface area contributed by atoms with E-state index in [1.54, 1.807) is 0 Å². The second kappa shape index (κ2) is 89.8. The monoisotopic (exact) mass is 349 g/mol. The minimum atomic E-state index is 0. The molecule has 0 amide bonds. The van der Waals surface area contributed by atoms with Crippen molar-refractivity contribution in [1.29, 1.82) is 0 Å². The Balaban J connectivity index is -0.000000000139. The quantitative estimate of drug-likeness (QED) is 0.397. The van der Waals surface area contributed by atoms with E-state index in [1.165, 1.54) is 0 Å². The van der Waals surface area contributed by atoms with Gasteiger partial charge in [-0.2, -0.15) is 0 Å². The predicted molar refractivity (Wildman–Crippen MR) is 10.1 cm³/mol. The van der Waals surface area contributed by atoms with Crippen LogP contribution in [-0.2, 0) is 87.4 Å². The molecular formula is H3AlCo2Li2MnNi2O. The molecule has 59 valence electrons. The molecule has 0 bridgehead atoms. The number of hydrogen-bond acceptors (Lipinski definition) is 1. The van der Waals surface area contributed by atoms with Crippen molar-refractivity contribution in [2.45, 2.75) is 0 Å². The summed E-state index contributed by atoms with van der Waals surface area (Å²) >= 11 is 0.611. The molecule has 0 atom stereocenters. The first-order chi connectivity index (χ1) is 1.00. The van der Waals surface area contributed by atoms with Crippen LogP contribution in [0.4, 0.5) is 0 Å². The van der Waals surface area contributed by atoms with Gasteiger partial charge in [0.2, 0.25) is 0 Å². The van der Waals surface area contributed by atoms with E-state index in [0.29, 0.717) is 16.2 Å². The van der Waals surface area contributed by atoms with E-state index in [2.05, 4.69) is 0 Å². The topological polar surface area (TPSA) is 17.1 Å². The molecule has 0 unspecified atom stereocenters. The molecule has 0 aliphatic carbocycles. The van der Waals surface area contributed by atoms with Crippen molar-refractivity contribution in [3.63, 3.8) is 0 Å². The molecule has 0 saturated heterocycles. The van der Waals surface area contributed by atoms with Crippen LogP contribution < -0.4 is 37.7 Å². The molecule has 0 aromatic rings. The Morgan fingerprint density at radius 3 is 0.889 bits per heavy atom. The van der Waals surface area contributed by atoms with Crippen molar-refractivity contribution in [1.82, 2.24) is 0 Å². The molecule has 0 fully saturated rings. The van der Waals surface area contributed by atoms with E-state index < -0.39 is 0 Å². The molecular weight excluding hydrogens is 347 g/mol. The van der Waals surface area contributed by atoms with Crippen molar-refractivity contribution in [2.24, 2.45) is 0 Å². The van der Waals surface area contributed by atoms with Gasteiger partial charge in [-0.25, -0.2) is 0 Å². The summed E-state index contributed by atoms with van der Waals surface area (Å²) in [6.45, 7) is 0. The average molecular weight is 350 g/mol. The Kier molecular flexibility index (Phi) is 741. The van der Waals surface area contributed by atoms with Crippen molar-refractivity contribution in [3.8, 4) is 0 Å². The van der Waals surface area contributed by atoms with Gasteiger partial charge in [-0.05, 0) is 0 Å². The van der Waals surface area contributed by atoms with Crippen molar-refractivity contribution in [3.05, 3.63) is 0 Å². The van der Waals surface area contributed by atoms with E-state index >= 15 is 0 Å². The maximum absolute atomic E-state index is 8.28. The molecule has 0 aromatic carbocycles. The standard InChI is InChI=1S/Al.2Co.2Li.Mn.2Ni.O.3H/q;;;2*+1;;;;;;2*-1. The molecule has 1 nitrogen and oxygen atoms in total. The molecule has 0 aliphatic heterocycles. The zero-order chi connectivity index (χ0) is 2.00. The van der Waals surface area contributed by atoms with Gasteiger partial charge in [0.15, 0.2) is 0 Å². The third-order valence-electron chi connectivity index (χ3n) is 0. The maximum atomic E-state index is 8.28. The third-order valence-corrected chi connectivity index (χ3v) is 0. The van der Waals surface area contributed by atoms with Crippen LogP contribution in [0, 0.1) is 0 Å². The van der Waals surface area contributed by atoms with Gasteiger partial charge in [0.05, 0.1) is 0 Å². The van der Waals surface area contributed by atoms with Crippen molar-refractivity contribution >= 4 is 16.2 Å². The van der Waals surface area contributed by atoms with Crippen LogP contribution in [0.5, 0.6) is 0 Å². The first kappa shape index (κ1) is 74.3. The summed E-state index contributed by atoms with van der Waals surface area (Å²) in [5, 5.41) is 0. The zero-order valence-corrected chi connectivity index (χ0v) is 11.4. The van der Waals surface area contributed by atoms with Gasteiger partial charge in [0.1, 0.15) is 0 Å². The fourth-order valence-corrected chi connectivity index (χ4v) is 0. The van der Waals surface area contributed by atoms with E-state index in [4.69, 9.17) is 3.80 Å². The summed E-state index contributed by atoms with van der Waals surface area (Å²) in [7, 11) is 0. The van der Waals surface area contributed by atoms with Crippen molar-refractivity contribution in [2.75, 3.05) is 0 Å². The van der Waals surface area contributed by atoms with Gasteiger partial charge in [0, 0.05) is 83.6 Å². The summed E-state index contributed by atoms with van der Waals surface area (Å²) in [4.78, 5) is 0. The van der Waals surface area contributed by atoms with Gasteiger partial charge >= 0.3 is 57.7 Å². The predicted octanol–water partition coefficient (Wildman–Crippen LogP) is -6.55. The fraction of sp³-hybridized carbons (Fsp3) is 0. The van der Waals surface area contributed by atoms with Gasteiger partial charge in [-0.1, -0.05) is 0 Å². The summed E-state index contributed by atoms with van der Waals surface area (Å²) in [5.41, 5.74) is 0. The molecule has 9 heteroatoms. The minimum absolute atomic E-state index is 0. The van der Waals surface area contributed by atoms with Crippen molar-refractivity contribution < 1.29 is 128 Å². The third kappa shape index (κ3) is 74.3. The van der Waals surface area contributed by atoms with Gasteiger partial charge in [-0.3, -0.25) is 0 Å². The van der Waals surface area contributed by atoms with Gasteiger partial charge in [-0.15, -0.1) is 0 Å². The molecule has 0 N–H and O–H groups in total. The Morgan fingerprint density at radius 2 is 0.889 bits per heavy atom. The van der Waals surface area contributed by atoms with Crippen LogP contribution in [0.3, 0.4) is 0 Å². The molecule has 0 saturated carbocycles. The Hall–Kier alpha value is 4.05. The van der Waals surface area contributed by atoms with Crippen LogP contribution in [0.2, 0.25) is 0 Å². The van der Waals surface area contributed by atoms with Gasteiger partial charge in [0.25, 0.3) is 0 Å². The second-order valence-corrected chi connectivity index (χ2v) is 0. The molecule has 0 aliphatic rings. The van der Waals surface area contributed by atoms with Crippen LogP contribution >= 0.6 is 0 Å². The van der Waals surface area contributed by atoms with Crippen LogP contribution in [0.15, 0.2) is 0 Å². The van der Waals surface area contributed by atoms with E-state index in [0.717, 1.165) is 0 Å². The summed E-state index contributed by atoms with van der Waals surface area (Å²) in [6.07, 6.45) is 0. The second-order valence-electron chi connectivity index (χ2n) is 0. The Labute approximate surface area is 142 Å². The van der Waals surface area contributed by atoms with Crippen LogP contribution in [0.1, 0.15) is 2.85 Å². The molecule has 0 heterocycles. The Bertz CT molecular complexity index is 30.1. The zero-order valence-electron chi connectivity index (χ0n) is 6.79. The summed E-state index contributed by atoms with van der Waals surface area (Å²) in [6, 6.07) is 0. The van der Waals surface area contributed by atoms with E-state index in [-0.39, 0.29) is 124 Å². The first-order valence-corrected chi connectivity index (χ1v) is 0.866. The molecule has 0 spiro atoms.